The summed E-state index contributed by atoms with van der Waals surface area (Å²) in [5, 5.41) is 2.78. The lowest BCUT2D eigenvalue weighted by Crippen LogP contribution is -2.34. The Morgan fingerprint density at radius 3 is 2.18 bits per heavy atom. The molecule has 2 aromatic carbocycles. The van der Waals surface area contributed by atoms with Gasteiger partial charge in [0.25, 0.3) is 0 Å². The minimum atomic E-state index is -0.407. The highest BCUT2D eigenvalue weighted by atomic mass is 16.5. The molecule has 0 aliphatic carbocycles. The summed E-state index contributed by atoms with van der Waals surface area (Å²) in [4.78, 5) is 11.7. The van der Waals surface area contributed by atoms with Crippen molar-refractivity contribution in [1.29, 1.82) is 0 Å². The lowest BCUT2D eigenvalue weighted by Gasteiger charge is -2.15. The Balaban J connectivity index is 1.72. The molecule has 4 nitrogen and oxygen atoms in total. The molecule has 0 heterocycles. The van der Waals surface area contributed by atoms with E-state index in [2.05, 4.69) is 17.4 Å². The van der Waals surface area contributed by atoms with Gasteiger partial charge in [-0.1, -0.05) is 60.7 Å². The van der Waals surface area contributed by atoms with Gasteiger partial charge in [-0.25, -0.2) is 4.79 Å². The topological polar surface area (TPSA) is 64.3 Å². The van der Waals surface area contributed by atoms with Crippen molar-refractivity contribution >= 4 is 6.09 Å². The van der Waals surface area contributed by atoms with Crippen molar-refractivity contribution in [1.82, 2.24) is 5.32 Å². The van der Waals surface area contributed by atoms with Gasteiger partial charge in [0, 0.05) is 6.54 Å². The number of alkyl carbamates (subject to hydrolysis) is 1. The summed E-state index contributed by atoms with van der Waals surface area (Å²) in [6.45, 7) is 1.31. The van der Waals surface area contributed by atoms with Crippen molar-refractivity contribution in [3.8, 4) is 0 Å². The average Bonchev–Trinajstić information content (AvgIpc) is 2.58. The molecule has 2 rings (SSSR count). The second-order valence-corrected chi connectivity index (χ2v) is 5.23. The normalized spacial score (nSPS) is 11.7. The van der Waals surface area contributed by atoms with Crippen LogP contribution in [0.25, 0.3) is 0 Å². The molecule has 0 saturated carbocycles. The maximum Gasteiger partial charge on any atom is 0.407 e. The maximum atomic E-state index is 11.7. The Bertz CT molecular complexity index is 558. The van der Waals surface area contributed by atoms with Crippen molar-refractivity contribution in [2.24, 2.45) is 11.7 Å². The number of hydrogen-bond donors (Lipinski definition) is 2. The molecule has 0 aliphatic rings. The van der Waals surface area contributed by atoms with Crippen LogP contribution < -0.4 is 11.1 Å². The van der Waals surface area contributed by atoms with Crippen LogP contribution in [0.1, 0.15) is 11.1 Å². The van der Waals surface area contributed by atoms with Crippen LogP contribution in [-0.4, -0.2) is 19.2 Å². The van der Waals surface area contributed by atoms with Crippen LogP contribution in [0.5, 0.6) is 0 Å². The van der Waals surface area contributed by atoms with E-state index in [1.807, 2.05) is 48.5 Å². The van der Waals surface area contributed by atoms with Gasteiger partial charge in [-0.2, -0.15) is 0 Å². The average molecular weight is 298 g/mol. The third-order valence-electron chi connectivity index (χ3n) is 3.45. The zero-order chi connectivity index (χ0) is 15.6. The highest BCUT2D eigenvalue weighted by molar-refractivity contribution is 5.67. The summed E-state index contributed by atoms with van der Waals surface area (Å²) >= 11 is 0. The molecule has 0 bridgehead atoms. The predicted octanol–water partition coefficient (Wildman–Crippen LogP) is 2.73. The molecule has 1 atom stereocenters. The second-order valence-electron chi connectivity index (χ2n) is 5.23. The van der Waals surface area contributed by atoms with Gasteiger partial charge in [0.1, 0.15) is 6.61 Å². The van der Waals surface area contributed by atoms with E-state index in [-0.39, 0.29) is 12.5 Å². The van der Waals surface area contributed by atoms with Crippen LogP contribution in [0, 0.1) is 5.92 Å². The zero-order valence-electron chi connectivity index (χ0n) is 12.6. The maximum absolute atomic E-state index is 11.7. The largest absolute Gasteiger partial charge is 0.445 e. The number of rotatable bonds is 7. The van der Waals surface area contributed by atoms with Gasteiger partial charge < -0.3 is 15.8 Å². The quantitative estimate of drug-likeness (QED) is 0.826. The molecule has 0 spiro atoms. The summed E-state index contributed by atoms with van der Waals surface area (Å²) in [6.07, 6.45) is 0.436. The van der Waals surface area contributed by atoms with Gasteiger partial charge in [-0.3, -0.25) is 0 Å². The molecule has 1 amide bonds. The van der Waals surface area contributed by atoms with Gasteiger partial charge in [0.15, 0.2) is 0 Å². The SMILES string of the molecule is NCC(CNC(=O)OCc1ccccc1)Cc1ccccc1. The van der Waals surface area contributed by atoms with Gasteiger partial charge in [0.05, 0.1) is 0 Å². The van der Waals surface area contributed by atoms with Gasteiger partial charge >= 0.3 is 6.09 Å². The van der Waals surface area contributed by atoms with E-state index in [9.17, 15) is 4.79 Å². The number of amides is 1. The Kier molecular flexibility index (Phi) is 6.45. The molecule has 0 fully saturated rings. The molecule has 3 N–H and O–H groups in total. The van der Waals surface area contributed by atoms with Crippen molar-refractivity contribution in [2.45, 2.75) is 13.0 Å². The molecule has 2 aromatic rings. The highest BCUT2D eigenvalue weighted by Crippen LogP contribution is 2.07. The standard InChI is InChI=1S/C18H22N2O2/c19-12-17(11-15-7-3-1-4-8-15)13-20-18(21)22-14-16-9-5-2-6-10-16/h1-10,17H,11-14,19H2,(H,20,21). The Labute approximate surface area is 131 Å². The fourth-order valence-electron chi connectivity index (χ4n) is 2.19. The monoisotopic (exact) mass is 298 g/mol. The number of carbonyl (C=O) groups is 1. The molecule has 22 heavy (non-hydrogen) atoms. The molecule has 4 heteroatoms. The fourth-order valence-corrected chi connectivity index (χ4v) is 2.19. The van der Waals surface area contributed by atoms with E-state index < -0.39 is 6.09 Å². The Hall–Kier alpha value is -2.33. The van der Waals surface area contributed by atoms with Gasteiger partial charge in [0.2, 0.25) is 0 Å². The summed E-state index contributed by atoms with van der Waals surface area (Å²) in [6, 6.07) is 19.7. The molecule has 116 valence electrons. The number of carbonyl (C=O) groups excluding carboxylic acids is 1. The molecule has 0 saturated heterocycles. The van der Waals surface area contributed by atoms with Crippen molar-refractivity contribution in [3.05, 3.63) is 71.8 Å². The first-order valence-electron chi connectivity index (χ1n) is 7.46. The lowest BCUT2D eigenvalue weighted by atomic mass is 9.99. The molecule has 0 aromatic heterocycles. The number of hydrogen-bond acceptors (Lipinski definition) is 3. The van der Waals surface area contributed by atoms with E-state index in [0.717, 1.165) is 12.0 Å². The third kappa shape index (κ3) is 5.58. The summed E-state index contributed by atoms with van der Waals surface area (Å²) < 4.78 is 5.18. The summed E-state index contributed by atoms with van der Waals surface area (Å²) in [5.41, 5.74) is 7.97. The first-order valence-corrected chi connectivity index (χ1v) is 7.46. The number of ether oxygens (including phenoxy) is 1. The number of nitrogens with one attached hydrogen (secondary N) is 1. The lowest BCUT2D eigenvalue weighted by molar-refractivity contribution is 0.138. The second kappa shape index (κ2) is 8.85. The molecular weight excluding hydrogens is 276 g/mol. The molecule has 1 unspecified atom stereocenters. The Morgan fingerprint density at radius 2 is 1.59 bits per heavy atom. The molecular formula is C18H22N2O2. The van der Waals surface area contributed by atoms with Crippen LogP contribution in [0.2, 0.25) is 0 Å². The van der Waals surface area contributed by atoms with E-state index in [0.29, 0.717) is 13.1 Å². The van der Waals surface area contributed by atoms with Gasteiger partial charge in [-0.15, -0.1) is 0 Å². The van der Waals surface area contributed by atoms with Crippen LogP contribution in [0.3, 0.4) is 0 Å². The van der Waals surface area contributed by atoms with Gasteiger partial charge in [-0.05, 0) is 30.0 Å². The van der Waals surface area contributed by atoms with E-state index in [1.54, 1.807) is 0 Å². The van der Waals surface area contributed by atoms with Crippen LogP contribution in [0.15, 0.2) is 60.7 Å². The smallest absolute Gasteiger partial charge is 0.407 e. The predicted molar refractivity (Wildman–Crippen MR) is 87.3 cm³/mol. The number of benzene rings is 2. The highest BCUT2D eigenvalue weighted by Gasteiger charge is 2.10. The fraction of sp³-hybridized carbons (Fsp3) is 0.278. The van der Waals surface area contributed by atoms with E-state index in [4.69, 9.17) is 10.5 Å². The van der Waals surface area contributed by atoms with Crippen LogP contribution in [0.4, 0.5) is 4.79 Å². The zero-order valence-corrected chi connectivity index (χ0v) is 12.6. The number of nitrogens with two attached hydrogens (primary N) is 1. The minimum Gasteiger partial charge on any atom is -0.445 e. The first kappa shape index (κ1) is 16.0. The van der Waals surface area contributed by atoms with Crippen molar-refractivity contribution in [2.75, 3.05) is 13.1 Å². The molecule has 0 radical (unpaired) electrons. The molecule has 0 aliphatic heterocycles. The van der Waals surface area contributed by atoms with Crippen molar-refractivity contribution < 1.29 is 9.53 Å². The summed E-state index contributed by atoms with van der Waals surface area (Å²) in [7, 11) is 0. The first-order chi connectivity index (χ1) is 10.8. The Morgan fingerprint density at radius 1 is 1.00 bits per heavy atom. The summed E-state index contributed by atoms with van der Waals surface area (Å²) in [5.74, 6) is 0.201. The van der Waals surface area contributed by atoms with E-state index in [1.165, 1.54) is 5.56 Å². The van der Waals surface area contributed by atoms with Crippen molar-refractivity contribution in [3.63, 3.8) is 0 Å². The van der Waals surface area contributed by atoms with Crippen LogP contribution in [-0.2, 0) is 17.8 Å². The minimum absolute atomic E-state index is 0.201. The van der Waals surface area contributed by atoms with E-state index >= 15 is 0 Å². The van der Waals surface area contributed by atoms with Crippen LogP contribution >= 0.6 is 0 Å². The third-order valence-corrected chi connectivity index (χ3v) is 3.45.